The molecule has 0 aliphatic carbocycles. The fraction of sp³-hybridized carbons (Fsp3) is 0.500. The van der Waals surface area contributed by atoms with Crippen molar-refractivity contribution in [2.75, 3.05) is 7.05 Å². The minimum absolute atomic E-state index is 0.745. The number of amides is 1. The average Bonchev–Trinajstić information content (AvgIpc) is 1.38. The van der Waals surface area contributed by atoms with Gasteiger partial charge in [-0.25, -0.2) is 0 Å². The van der Waals surface area contributed by atoms with Crippen LogP contribution in [0.4, 0.5) is 0 Å². The molecule has 0 radical (unpaired) electrons. The van der Waals surface area contributed by atoms with Gasteiger partial charge in [0.05, 0.1) is 0 Å². The third kappa shape index (κ3) is 1.47. The van der Waals surface area contributed by atoms with Gasteiger partial charge in [0.25, 0.3) is 0 Å². The van der Waals surface area contributed by atoms with Gasteiger partial charge in [-0.05, 0) is 0 Å². The van der Waals surface area contributed by atoms with Crippen molar-refractivity contribution in [1.29, 1.82) is 0 Å². The first-order chi connectivity index (χ1) is 2.27. The summed E-state index contributed by atoms with van der Waals surface area (Å²) in [6.45, 7) is 0. The Morgan fingerprint density at radius 3 is 2.75 bits per heavy atom. The van der Waals surface area contributed by atoms with Crippen molar-refractivity contribution >= 4 is 6.39 Å². The third-order valence-corrected chi connectivity index (χ3v) is 0.102. The van der Waals surface area contributed by atoms with Crippen molar-refractivity contribution < 1.29 is 6.17 Å². The van der Waals surface area contributed by atoms with Crippen LogP contribution in [0.25, 0.3) is 0 Å². The van der Waals surface area contributed by atoms with Crippen LogP contribution >= 0.6 is 0 Å². The maximum atomic E-state index is 9.37. The van der Waals surface area contributed by atoms with E-state index in [-0.39, 0.29) is 0 Å². The van der Waals surface area contributed by atoms with E-state index in [0.29, 0.717) is 0 Å². The maximum Gasteiger partial charge on any atom is 0.206 e. The first-order valence-electron chi connectivity index (χ1n) is 1.45. The van der Waals surface area contributed by atoms with Gasteiger partial charge in [0.1, 0.15) is 1.37 Å². The lowest BCUT2D eigenvalue weighted by Crippen LogP contribution is -1.98. The number of nitrogens with one attached hydrogen (secondary N) is 1. The van der Waals surface area contributed by atoms with E-state index in [1.165, 1.54) is 7.05 Å². The molecule has 0 bridgehead atoms. The van der Waals surface area contributed by atoms with Crippen LogP contribution in [0.2, 0.25) is 0 Å². The lowest BCUT2D eigenvalue weighted by atomic mass is 11.2. The van der Waals surface area contributed by atoms with Crippen LogP contribution in [0.3, 0.4) is 0 Å². The summed E-state index contributed by atoms with van der Waals surface area (Å²) in [5, 5.41) is 2.06. The smallest absolute Gasteiger partial charge is 0.206 e. The van der Waals surface area contributed by atoms with E-state index in [1.54, 1.807) is 0 Å². The van der Waals surface area contributed by atoms with E-state index in [1.807, 2.05) is 0 Å². The Bertz CT molecular complexity index is 44.9. The van der Waals surface area contributed by atoms with Crippen LogP contribution in [0.15, 0.2) is 0 Å². The summed E-state index contributed by atoms with van der Waals surface area (Å²) >= 11 is 0. The van der Waals surface area contributed by atoms with Gasteiger partial charge in [-0.15, -0.1) is 0 Å². The second kappa shape index (κ2) is 2.47. The molecule has 0 aromatic rings. The Kier molecular flexibility index (Phi) is 1.09. The topological polar surface area (TPSA) is 29.1 Å². The van der Waals surface area contributed by atoms with Gasteiger partial charge in [-0.2, -0.15) is 0 Å². The van der Waals surface area contributed by atoms with Gasteiger partial charge >= 0.3 is 0 Å². The zero-order valence-corrected chi connectivity index (χ0v) is 2.41. The van der Waals surface area contributed by atoms with Crippen molar-refractivity contribution in [3.8, 4) is 0 Å². The second-order valence-electron chi connectivity index (χ2n) is 0.352. The molecule has 0 aromatic carbocycles. The van der Waals surface area contributed by atoms with Crippen LogP contribution in [-0.4, -0.2) is 13.4 Å². The molecule has 2 nitrogen and oxygen atoms in total. The fourth-order valence-electron chi connectivity index (χ4n) is 0. The van der Waals surface area contributed by atoms with Crippen LogP contribution < -0.4 is 5.32 Å². The van der Waals surface area contributed by atoms with Gasteiger partial charge in [0, 0.05) is 7.05 Å². The van der Waals surface area contributed by atoms with Crippen molar-refractivity contribution in [3.05, 3.63) is 0 Å². The molecule has 0 spiro atoms. The summed E-state index contributed by atoms with van der Waals surface area (Å²) < 4.78 is 6.08. The first kappa shape index (κ1) is 1.76. The molecule has 1 N–H and O–H groups in total. The van der Waals surface area contributed by atoms with Crippen molar-refractivity contribution in [2.45, 2.75) is 0 Å². The van der Waals surface area contributed by atoms with Crippen LogP contribution in [0.1, 0.15) is 1.37 Å². The Morgan fingerprint density at radius 2 is 2.75 bits per heavy atom. The molecule has 0 saturated carbocycles. The van der Waals surface area contributed by atoms with E-state index in [2.05, 4.69) is 5.32 Å². The van der Waals surface area contributed by atoms with Gasteiger partial charge in [0.2, 0.25) is 6.39 Å². The quantitative estimate of drug-likeness (QED) is 0.371. The zero-order chi connectivity index (χ0) is 4.28. The molecule has 0 aliphatic heterocycles. The van der Waals surface area contributed by atoms with Crippen LogP contribution in [0.5, 0.6) is 0 Å². The molecule has 0 heterocycles. The summed E-state index contributed by atoms with van der Waals surface area (Å²) in [7, 11) is 1.41. The first-order valence-corrected chi connectivity index (χ1v) is 0.954. The van der Waals surface area contributed by atoms with Crippen molar-refractivity contribution in [2.24, 2.45) is 0 Å². The molecule has 0 fully saturated rings. The minimum atomic E-state index is -0.745. The zero-order valence-electron chi connectivity index (χ0n) is 3.41. The Balaban J connectivity index is 2.85. The highest BCUT2D eigenvalue weighted by molar-refractivity contribution is 5.44. The van der Waals surface area contributed by atoms with E-state index in [9.17, 15) is 4.79 Å². The average molecular weight is 61.1 g/mol. The molecule has 0 aromatic heterocycles. The minimum Gasteiger partial charge on any atom is -0.362 e. The second-order valence-corrected chi connectivity index (χ2v) is 0.352. The van der Waals surface area contributed by atoms with Crippen LogP contribution in [0, 0.1) is 0 Å². The molecular formula is C2H5NO. The summed E-state index contributed by atoms with van der Waals surface area (Å²) in [4.78, 5) is 9.37. The largest absolute Gasteiger partial charge is 0.362 e. The molecule has 1 amide bonds. The Labute approximate surface area is 26.2 Å². The maximum absolute atomic E-state index is 9.37. The molecule has 0 saturated heterocycles. The standard InChI is InChI=1S/C2H5NO/c1-3-2-4/h2H,1H3,(H,3,4)/i2T. The van der Waals surface area contributed by atoms with Crippen LogP contribution in [-0.2, 0) is 4.79 Å². The van der Waals surface area contributed by atoms with Crippen molar-refractivity contribution in [3.63, 3.8) is 0 Å². The summed E-state index contributed by atoms with van der Waals surface area (Å²) in [6.07, 6.45) is -0.745. The summed E-state index contributed by atoms with van der Waals surface area (Å²) in [6, 6.07) is 0. The van der Waals surface area contributed by atoms with Gasteiger partial charge in [-0.3, -0.25) is 4.79 Å². The molecule has 24 valence electrons. The third-order valence-electron chi connectivity index (χ3n) is 0.102. The highest BCUT2D eigenvalue weighted by atomic mass is 16.1. The lowest BCUT2D eigenvalue weighted by molar-refractivity contribution is -0.109. The van der Waals surface area contributed by atoms with Gasteiger partial charge < -0.3 is 5.32 Å². The number of hydrogen-bond acceptors (Lipinski definition) is 1. The summed E-state index contributed by atoms with van der Waals surface area (Å²) in [5.74, 6) is 0. The number of hydrogen-bond donors (Lipinski definition) is 1. The predicted octanol–water partition coefficient (Wildman–Crippen LogP) is -0.638. The summed E-state index contributed by atoms with van der Waals surface area (Å²) in [5.41, 5.74) is 0. The monoisotopic (exact) mass is 61.0 g/mol. The molecule has 0 aliphatic rings. The Morgan fingerprint density at radius 1 is 2.50 bits per heavy atom. The molecule has 0 rings (SSSR count). The SMILES string of the molecule is [3H]C(=O)NC. The van der Waals surface area contributed by atoms with E-state index in [0.717, 1.165) is 0 Å². The van der Waals surface area contributed by atoms with Gasteiger partial charge in [-0.1, -0.05) is 0 Å². The molecule has 0 unspecified atom stereocenters. The Hall–Kier alpha value is -0.530. The molecule has 2 heteroatoms. The van der Waals surface area contributed by atoms with E-state index in [4.69, 9.17) is 1.37 Å². The predicted molar refractivity (Wildman–Crippen MR) is 15.1 cm³/mol. The normalized spacial score (nSPS) is 8.75. The van der Waals surface area contributed by atoms with Gasteiger partial charge in [0.15, 0.2) is 0 Å². The van der Waals surface area contributed by atoms with E-state index >= 15 is 0 Å². The number of carbonyl (C=O) groups is 1. The van der Waals surface area contributed by atoms with E-state index < -0.39 is 6.39 Å². The lowest BCUT2D eigenvalue weighted by Gasteiger charge is -1.64. The molecular weight excluding hydrogens is 54.0 g/mol. The highest BCUT2D eigenvalue weighted by Gasteiger charge is 1.43. The van der Waals surface area contributed by atoms with Crippen molar-refractivity contribution in [1.82, 2.24) is 5.32 Å². The fourth-order valence-corrected chi connectivity index (χ4v) is 0. The number of rotatable bonds is 0. The molecule has 0 atom stereocenters. The molecule has 4 heavy (non-hydrogen) atoms. The highest BCUT2D eigenvalue weighted by Crippen LogP contribution is 1.09. The number of carbonyl (C=O) groups excluding carboxylic acids is 1.